The summed E-state index contributed by atoms with van der Waals surface area (Å²) in [6, 6.07) is 21.0. The van der Waals surface area contributed by atoms with Crippen molar-refractivity contribution < 1.29 is 9.59 Å². The summed E-state index contributed by atoms with van der Waals surface area (Å²) in [5.41, 5.74) is 2.65. The fourth-order valence-corrected chi connectivity index (χ4v) is 5.68. The Morgan fingerprint density at radius 3 is 2.08 bits per heavy atom. The maximum Gasteiger partial charge on any atom is 0.328 e. The number of nitrogens with zero attached hydrogens (tertiary/aromatic N) is 5. The van der Waals surface area contributed by atoms with Gasteiger partial charge in [-0.25, -0.2) is 9.79 Å². The quantitative estimate of drug-likeness (QED) is 0.601. The van der Waals surface area contributed by atoms with Crippen LogP contribution in [-0.2, 0) is 4.79 Å². The van der Waals surface area contributed by atoms with Crippen molar-refractivity contribution in [3.8, 4) is 0 Å². The summed E-state index contributed by atoms with van der Waals surface area (Å²) >= 11 is 0. The van der Waals surface area contributed by atoms with Crippen molar-refractivity contribution in [1.82, 2.24) is 24.9 Å². The van der Waals surface area contributed by atoms with Gasteiger partial charge in [-0.1, -0.05) is 74.5 Å². The van der Waals surface area contributed by atoms with Gasteiger partial charge in [-0.05, 0) is 17.0 Å². The molecule has 1 N–H and O–H groups in total. The summed E-state index contributed by atoms with van der Waals surface area (Å²) < 4.78 is 0. The van der Waals surface area contributed by atoms with Gasteiger partial charge in [0.05, 0.1) is 6.04 Å². The van der Waals surface area contributed by atoms with Crippen molar-refractivity contribution in [2.24, 2.45) is 10.9 Å². The average Bonchev–Trinajstić information content (AvgIpc) is 3.35. The first-order valence-electron chi connectivity index (χ1n) is 13.4. The summed E-state index contributed by atoms with van der Waals surface area (Å²) in [6.07, 6.45) is 0.303. The normalized spacial score (nSPS) is 23.0. The second-order valence-corrected chi connectivity index (χ2v) is 10.7. The molecule has 2 fully saturated rings. The Morgan fingerprint density at radius 2 is 1.51 bits per heavy atom. The number of hydrogen-bond donors (Lipinski definition) is 1. The molecule has 2 atom stereocenters. The van der Waals surface area contributed by atoms with Crippen molar-refractivity contribution in [2.45, 2.75) is 38.5 Å². The van der Waals surface area contributed by atoms with E-state index in [-0.39, 0.29) is 18.0 Å². The number of benzene rings is 2. The molecule has 0 spiro atoms. The highest BCUT2D eigenvalue weighted by Crippen LogP contribution is 2.29. The van der Waals surface area contributed by atoms with E-state index in [1.165, 1.54) is 16.0 Å². The molecular formula is C29H38N6O2. The second-order valence-electron chi connectivity index (χ2n) is 10.7. The van der Waals surface area contributed by atoms with Crippen molar-refractivity contribution in [2.75, 3.05) is 46.3 Å². The van der Waals surface area contributed by atoms with Crippen LogP contribution < -0.4 is 5.32 Å². The molecule has 3 amide bonds. The number of aliphatic imine (C=N–C) groups is 1. The molecule has 8 nitrogen and oxygen atoms in total. The van der Waals surface area contributed by atoms with Crippen LogP contribution in [0.15, 0.2) is 65.7 Å². The van der Waals surface area contributed by atoms with E-state index in [0.29, 0.717) is 12.5 Å². The fraction of sp³-hybridized carbons (Fsp3) is 0.483. The molecule has 3 heterocycles. The molecule has 8 heteroatoms. The molecule has 3 aliphatic rings. The molecule has 3 aliphatic heterocycles. The van der Waals surface area contributed by atoms with E-state index in [0.717, 1.165) is 45.0 Å². The van der Waals surface area contributed by atoms with Crippen LogP contribution in [0.3, 0.4) is 0 Å². The lowest BCUT2D eigenvalue weighted by Crippen LogP contribution is -2.64. The number of rotatable bonds is 8. The van der Waals surface area contributed by atoms with Gasteiger partial charge in [-0.2, -0.15) is 0 Å². The molecule has 2 aromatic carbocycles. The van der Waals surface area contributed by atoms with Crippen LogP contribution >= 0.6 is 0 Å². The van der Waals surface area contributed by atoms with Gasteiger partial charge in [-0.3, -0.25) is 19.5 Å². The van der Waals surface area contributed by atoms with E-state index in [1.807, 2.05) is 0 Å². The maximum absolute atomic E-state index is 12.8. The highest BCUT2D eigenvalue weighted by molar-refractivity contribution is 6.03. The summed E-state index contributed by atoms with van der Waals surface area (Å²) in [5, 5.41) is 3.33. The van der Waals surface area contributed by atoms with E-state index in [4.69, 9.17) is 4.99 Å². The number of piperazine rings is 1. The van der Waals surface area contributed by atoms with Crippen LogP contribution in [0.4, 0.5) is 4.79 Å². The molecule has 37 heavy (non-hydrogen) atoms. The maximum atomic E-state index is 12.8. The number of hydrogen-bond acceptors (Lipinski definition) is 6. The van der Waals surface area contributed by atoms with Crippen LogP contribution in [0, 0.1) is 5.92 Å². The van der Waals surface area contributed by atoms with Crippen LogP contribution in [0.5, 0.6) is 0 Å². The lowest BCUT2D eigenvalue weighted by atomic mass is 9.96. The number of carbonyl (C=O) groups excluding carboxylic acids is 2. The van der Waals surface area contributed by atoms with Crippen LogP contribution in [0.2, 0.25) is 0 Å². The van der Waals surface area contributed by atoms with Gasteiger partial charge in [-0.15, -0.1) is 0 Å². The smallest absolute Gasteiger partial charge is 0.328 e. The van der Waals surface area contributed by atoms with E-state index >= 15 is 0 Å². The SMILES string of the molecule is CC(C)CN1C(=O)N(C)C(=O)C2NC(CCN3CCN(C(c4ccccc4)c4ccccc4)CC3)=NC21. The number of imide groups is 1. The van der Waals surface area contributed by atoms with Crippen molar-refractivity contribution in [3.05, 3.63) is 71.8 Å². The van der Waals surface area contributed by atoms with Crippen molar-refractivity contribution in [3.63, 3.8) is 0 Å². The van der Waals surface area contributed by atoms with E-state index in [1.54, 1.807) is 11.9 Å². The fourth-order valence-electron chi connectivity index (χ4n) is 5.68. The first kappa shape index (κ1) is 25.4. The van der Waals surface area contributed by atoms with Gasteiger partial charge < -0.3 is 10.2 Å². The van der Waals surface area contributed by atoms with Crippen molar-refractivity contribution >= 4 is 17.8 Å². The summed E-state index contributed by atoms with van der Waals surface area (Å²) in [6.45, 7) is 9.55. The molecule has 2 unspecified atom stereocenters. The lowest BCUT2D eigenvalue weighted by molar-refractivity contribution is -0.133. The Balaban J connectivity index is 1.20. The predicted octanol–water partition coefficient (Wildman–Crippen LogP) is 3.03. The summed E-state index contributed by atoms with van der Waals surface area (Å²) in [4.78, 5) is 38.3. The third kappa shape index (κ3) is 5.40. The first-order chi connectivity index (χ1) is 17.9. The molecule has 2 aromatic rings. The van der Waals surface area contributed by atoms with E-state index in [9.17, 15) is 9.59 Å². The highest BCUT2D eigenvalue weighted by atomic mass is 16.2. The topological polar surface area (TPSA) is 71.5 Å². The minimum atomic E-state index is -0.481. The Labute approximate surface area is 219 Å². The minimum absolute atomic E-state index is 0.199. The van der Waals surface area contributed by atoms with Gasteiger partial charge >= 0.3 is 6.03 Å². The van der Waals surface area contributed by atoms with Gasteiger partial charge in [0.2, 0.25) is 0 Å². The van der Waals surface area contributed by atoms with Crippen LogP contribution in [0.25, 0.3) is 0 Å². The van der Waals surface area contributed by atoms with Crippen molar-refractivity contribution in [1.29, 1.82) is 0 Å². The average molecular weight is 503 g/mol. The summed E-state index contributed by atoms with van der Waals surface area (Å²) in [5.74, 6) is 0.932. The number of urea groups is 1. The molecular weight excluding hydrogens is 464 g/mol. The summed E-state index contributed by atoms with van der Waals surface area (Å²) in [7, 11) is 1.56. The van der Waals surface area contributed by atoms with E-state index < -0.39 is 12.2 Å². The zero-order valence-electron chi connectivity index (χ0n) is 22.1. The number of carbonyl (C=O) groups is 2. The molecule has 196 valence electrons. The number of nitrogens with one attached hydrogen (secondary N) is 1. The van der Waals surface area contributed by atoms with Gasteiger partial charge in [0.25, 0.3) is 5.91 Å². The zero-order chi connectivity index (χ0) is 25.9. The highest BCUT2D eigenvalue weighted by Gasteiger charge is 2.48. The standard InChI is InChI=1S/C29H38N6O2/c1-21(2)20-35-27-25(28(36)32(3)29(35)37)30-24(31-27)14-15-33-16-18-34(19-17-33)26(22-10-6-4-7-11-22)23-12-8-5-9-13-23/h4-13,21,25-27H,14-20H2,1-3H3,(H,30,31). The molecule has 5 rings (SSSR count). The number of amides is 3. The lowest BCUT2D eigenvalue weighted by Gasteiger charge is -2.40. The number of likely N-dealkylation sites (N-methyl/N-ethyl adjacent to an activating group) is 1. The zero-order valence-corrected chi connectivity index (χ0v) is 22.1. The number of fused-ring (bicyclic) bond motifs is 1. The monoisotopic (exact) mass is 502 g/mol. The van der Waals surface area contributed by atoms with Gasteiger partial charge in [0.15, 0.2) is 6.17 Å². The molecule has 0 saturated carbocycles. The second kappa shape index (κ2) is 11.0. The minimum Gasteiger partial charge on any atom is -0.359 e. The third-order valence-electron chi connectivity index (χ3n) is 7.59. The van der Waals surface area contributed by atoms with Crippen LogP contribution in [-0.4, -0.2) is 95.9 Å². The van der Waals surface area contributed by atoms with Gasteiger partial charge in [0, 0.05) is 52.7 Å². The van der Waals surface area contributed by atoms with Gasteiger partial charge in [0.1, 0.15) is 11.9 Å². The Hall–Kier alpha value is -3.23. The molecule has 0 aliphatic carbocycles. The Kier molecular flexibility index (Phi) is 7.58. The Bertz CT molecular complexity index is 1070. The van der Waals surface area contributed by atoms with Crippen LogP contribution in [0.1, 0.15) is 37.4 Å². The molecule has 2 saturated heterocycles. The largest absolute Gasteiger partial charge is 0.359 e. The predicted molar refractivity (Wildman–Crippen MR) is 145 cm³/mol. The Morgan fingerprint density at radius 1 is 0.919 bits per heavy atom. The molecule has 0 bridgehead atoms. The molecule has 0 radical (unpaired) electrons. The van der Waals surface area contributed by atoms with E-state index in [2.05, 4.69) is 89.6 Å². The first-order valence-corrected chi connectivity index (χ1v) is 13.4. The third-order valence-corrected chi connectivity index (χ3v) is 7.59. The molecule has 0 aromatic heterocycles. The number of amidine groups is 1.